The zero-order valence-electron chi connectivity index (χ0n) is 17.1. The number of benzene rings is 1. The molecule has 0 bridgehead atoms. The number of imidazole rings is 1. The van der Waals surface area contributed by atoms with Crippen LogP contribution >= 0.6 is 0 Å². The molecule has 1 fully saturated rings. The van der Waals surface area contributed by atoms with Crippen LogP contribution in [0.25, 0.3) is 11.0 Å². The Labute approximate surface area is 175 Å². The first-order valence-electron chi connectivity index (χ1n) is 9.69. The highest BCUT2D eigenvalue weighted by atomic mass is 32.2. The zero-order chi connectivity index (χ0) is 21.7. The van der Waals surface area contributed by atoms with Crippen molar-refractivity contribution in [3.05, 3.63) is 24.0 Å². The number of nitrogens with one attached hydrogen (secondary N) is 1. The average Bonchev–Trinajstić information content (AvgIpc) is 3.07. The molecule has 1 aliphatic rings. The molecule has 1 aromatic carbocycles. The quantitative estimate of drug-likeness (QED) is 0.585. The molecule has 164 valence electrons. The maximum atomic E-state index is 12.9. The fourth-order valence-electron chi connectivity index (χ4n) is 3.27. The highest BCUT2D eigenvalue weighted by Gasteiger charge is 2.27. The molecule has 10 nitrogen and oxygen atoms in total. The lowest BCUT2D eigenvalue weighted by molar-refractivity contribution is -0.140. The Balaban J connectivity index is 1.68. The van der Waals surface area contributed by atoms with E-state index in [1.807, 2.05) is 11.6 Å². The monoisotopic (exact) mass is 438 g/mol. The summed E-state index contributed by atoms with van der Waals surface area (Å²) in [4.78, 5) is 27.8. The standard InChI is InChI=1S/C19H26N4O6S/c1-22-16-4-3-14(30(26,27)23-9-11-29-12-10-23)13-15(16)21-17(22)5-6-18(24)20-8-7-19(25)28-2/h3-4,13H,5-12H2,1-2H3,(H,20,24). The number of ether oxygens (including phenoxy) is 2. The number of carbonyl (C=O) groups excluding carboxylic acids is 2. The van der Waals surface area contributed by atoms with Gasteiger partial charge in [0.25, 0.3) is 0 Å². The van der Waals surface area contributed by atoms with E-state index in [0.29, 0.717) is 44.1 Å². The summed E-state index contributed by atoms with van der Waals surface area (Å²) in [6.45, 7) is 1.66. The first-order valence-corrected chi connectivity index (χ1v) is 11.1. The lowest BCUT2D eigenvalue weighted by Gasteiger charge is -2.26. The third kappa shape index (κ3) is 4.97. The van der Waals surface area contributed by atoms with Crippen LogP contribution in [0.2, 0.25) is 0 Å². The minimum Gasteiger partial charge on any atom is -0.469 e. The van der Waals surface area contributed by atoms with E-state index in [0.717, 1.165) is 5.52 Å². The molecule has 1 aliphatic heterocycles. The Bertz CT molecular complexity index is 1030. The zero-order valence-corrected chi connectivity index (χ0v) is 17.9. The van der Waals surface area contributed by atoms with E-state index in [1.54, 1.807) is 18.2 Å². The SMILES string of the molecule is COC(=O)CCNC(=O)CCc1nc2cc(S(=O)(=O)N3CCOCC3)ccc2n1C. The molecular formula is C19H26N4O6S. The highest BCUT2D eigenvalue weighted by molar-refractivity contribution is 7.89. The molecule has 11 heteroatoms. The van der Waals surface area contributed by atoms with E-state index in [1.165, 1.54) is 11.4 Å². The Morgan fingerprint density at radius 3 is 2.67 bits per heavy atom. The second kappa shape index (κ2) is 9.54. The van der Waals surface area contributed by atoms with E-state index < -0.39 is 10.0 Å². The third-order valence-electron chi connectivity index (χ3n) is 5.01. The van der Waals surface area contributed by atoms with Gasteiger partial charge in [0.1, 0.15) is 5.82 Å². The molecule has 1 saturated heterocycles. The second-order valence-corrected chi connectivity index (χ2v) is 8.87. The van der Waals surface area contributed by atoms with Crippen molar-refractivity contribution in [2.75, 3.05) is 40.0 Å². The Hall–Kier alpha value is -2.50. The smallest absolute Gasteiger partial charge is 0.307 e. The number of esters is 1. The number of sulfonamides is 1. The predicted octanol–water partition coefficient (Wildman–Crippen LogP) is 0.206. The fourth-order valence-corrected chi connectivity index (χ4v) is 4.70. The number of fused-ring (bicyclic) bond motifs is 1. The van der Waals surface area contributed by atoms with Gasteiger partial charge in [0.05, 0.1) is 42.7 Å². The number of nitrogens with zero attached hydrogens (tertiary/aromatic N) is 3. The topological polar surface area (TPSA) is 120 Å². The van der Waals surface area contributed by atoms with Crippen LogP contribution in [0, 0.1) is 0 Å². The van der Waals surface area contributed by atoms with Crippen molar-refractivity contribution in [1.29, 1.82) is 0 Å². The predicted molar refractivity (Wildman–Crippen MR) is 108 cm³/mol. The van der Waals surface area contributed by atoms with Crippen molar-refractivity contribution >= 4 is 32.9 Å². The number of morpholine rings is 1. The molecule has 1 N–H and O–H groups in total. The Morgan fingerprint density at radius 2 is 1.97 bits per heavy atom. The van der Waals surface area contributed by atoms with Gasteiger partial charge in [-0.2, -0.15) is 4.31 Å². The maximum Gasteiger partial charge on any atom is 0.307 e. The molecule has 0 saturated carbocycles. The summed E-state index contributed by atoms with van der Waals surface area (Å²) in [5, 5.41) is 2.66. The molecule has 2 aromatic rings. The van der Waals surface area contributed by atoms with Crippen molar-refractivity contribution in [2.24, 2.45) is 7.05 Å². The van der Waals surface area contributed by atoms with Crippen LogP contribution in [0.5, 0.6) is 0 Å². The first kappa shape index (κ1) is 22.2. The van der Waals surface area contributed by atoms with Crippen molar-refractivity contribution < 1.29 is 27.5 Å². The third-order valence-corrected chi connectivity index (χ3v) is 6.90. The van der Waals surface area contributed by atoms with Gasteiger partial charge in [0, 0.05) is 39.5 Å². The molecule has 0 unspecified atom stereocenters. The molecular weight excluding hydrogens is 412 g/mol. The Morgan fingerprint density at radius 1 is 1.23 bits per heavy atom. The van der Waals surface area contributed by atoms with Crippen LogP contribution in [0.3, 0.4) is 0 Å². The lowest BCUT2D eigenvalue weighted by Crippen LogP contribution is -2.40. The summed E-state index contributed by atoms with van der Waals surface area (Å²) < 4.78 is 38.7. The molecule has 0 aliphatic carbocycles. The Kier molecular flexibility index (Phi) is 7.06. The first-order chi connectivity index (χ1) is 14.3. The number of rotatable bonds is 8. The highest BCUT2D eigenvalue weighted by Crippen LogP contribution is 2.23. The van der Waals surface area contributed by atoms with Crippen LogP contribution < -0.4 is 5.32 Å². The number of carbonyl (C=O) groups is 2. The largest absolute Gasteiger partial charge is 0.469 e. The lowest BCUT2D eigenvalue weighted by atomic mass is 10.2. The average molecular weight is 439 g/mol. The van der Waals surface area contributed by atoms with E-state index in [2.05, 4.69) is 15.0 Å². The van der Waals surface area contributed by atoms with Crippen molar-refractivity contribution in [1.82, 2.24) is 19.2 Å². The summed E-state index contributed by atoms with van der Waals surface area (Å²) in [6.07, 6.45) is 0.715. The summed E-state index contributed by atoms with van der Waals surface area (Å²) in [6, 6.07) is 4.88. The van der Waals surface area contributed by atoms with Gasteiger partial charge < -0.3 is 19.4 Å². The van der Waals surface area contributed by atoms with Gasteiger partial charge in [-0.25, -0.2) is 13.4 Å². The van der Waals surface area contributed by atoms with Crippen molar-refractivity contribution in [3.8, 4) is 0 Å². The van der Waals surface area contributed by atoms with Crippen LogP contribution in [-0.4, -0.2) is 74.1 Å². The maximum absolute atomic E-state index is 12.9. The van der Waals surface area contributed by atoms with Crippen molar-refractivity contribution in [3.63, 3.8) is 0 Å². The summed E-state index contributed by atoms with van der Waals surface area (Å²) >= 11 is 0. The van der Waals surface area contributed by atoms with Gasteiger partial charge in [0.2, 0.25) is 15.9 Å². The molecule has 0 atom stereocenters. The van der Waals surface area contributed by atoms with Gasteiger partial charge >= 0.3 is 5.97 Å². The number of hydrogen-bond acceptors (Lipinski definition) is 7. The van der Waals surface area contributed by atoms with E-state index in [-0.39, 0.29) is 36.2 Å². The van der Waals surface area contributed by atoms with Gasteiger partial charge in [-0.3, -0.25) is 9.59 Å². The van der Waals surface area contributed by atoms with Crippen molar-refractivity contribution in [2.45, 2.75) is 24.2 Å². The van der Waals surface area contributed by atoms with Crippen LogP contribution in [0.1, 0.15) is 18.7 Å². The molecule has 1 aromatic heterocycles. The number of amides is 1. The van der Waals surface area contributed by atoms with E-state index >= 15 is 0 Å². The number of aromatic nitrogens is 2. The van der Waals surface area contributed by atoms with Gasteiger partial charge in [-0.05, 0) is 18.2 Å². The minimum absolute atomic E-state index is 0.120. The molecule has 3 rings (SSSR count). The molecule has 1 amide bonds. The van der Waals surface area contributed by atoms with Crippen LogP contribution in [0.15, 0.2) is 23.1 Å². The van der Waals surface area contributed by atoms with Crippen LogP contribution in [-0.2, 0) is 42.6 Å². The normalized spacial score (nSPS) is 15.3. The molecule has 0 radical (unpaired) electrons. The summed E-state index contributed by atoms with van der Waals surface area (Å²) in [5.41, 5.74) is 1.35. The van der Waals surface area contributed by atoms with Crippen LogP contribution in [0.4, 0.5) is 0 Å². The van der Waals surface area contributed by atoms with Gasteiger partial charge in [-0.1, -0.05) is 0 Å². The fraction of sp³-hybridized carbons (Fsp3) is 0.526. The summed E-state index contributed by atoms with van der Waals surface area (Å²) in [7, 11) is -0.472. The summed E-state index contributed by atoms with van der Waals surface area (Å²) in [5.74, 6) is 0.101. The number of hydrogen-bond donors (Lipinski definition) is 1. The molecule has 30 heavy (non-hydrogen) atoms. The van der Waals surface area contributed by atoms with E-state index in [9.17, 15) is 18.0 Å². The molecule has 0 spiro atoms. The minimum atomic E-state index is -3.60. The number of methoxy groups -OCH3 is 1. The van der Waals surface area contributed by atoms with Gasteiger partial charge in [-0.15, -0.1) is 0 Å². The second-order valence-electron chi connectivity index (χ2n) is 6.93. The van der Waals surface area contributed by atoms with E-state index in [4.69, 9.17) is 4.74 Å². The van der Waals surface area contributed by atoms with Gasteiger partial charge in [0.15, 0.2) is 0 Å². The molecule has 2 heterocycles. The number of aryl methyl sites for hydroxylation is 2.